The van der Waals surface area contributed by atoms with Gasteiger partial charge in [0.1, 0.15) is 11.9 Å². The highest BCUT2D eigenvalue weighted by Gasteiger charge is 2.29. The van der Waals surface area contributed by atoms with Crippen molar-refractivity contribution >= 4 is 11.6 Å². The van der Waals surface area contributed by atoms with Gasteiger partial charge in [0, 0.05) is 23.7 Å². The Morgan fingerprint density at radius 2 is 2.25 bits per heavy atom. The van der Waals surface area contributed by atoms with Crippen LogP contribution in [-0.2, 0) is 9.53 Å². The van der Waals surface area contributed by atoms with E-state index in [2.05, 4.69) is 25.8 Å². The fourth-order valence-corrected chi connectivity index (χ4v) is 2.93. The fourth-order valence-electron chi connectivity index (χ4n) is 2.93. The molecule has 7 heteroatoms. The number of nitrogens with zero attached hydrogens (tertiary/aromatic N) is 2. The number of rotatable bonds is 4. The average Bonchev–Trinajstić information content (AvgIpc) is 3.32. The van der Waals surface area contributed by atoms with Crippen molar-refractivity contribution in [1.29, 1.82) is 0 Å². The first-order valence-corrected chi connectivity index (χ1v) is 8.39. The molecule has 7 nitrogen and oxygen atoms in total. The molecule has 1 saturated carbocycles. The van der Waals surface area contributed by atoms with Crippen LogP contribution in [0.25, 0.3) is 11.4 Å². The van der Waals surface area contributed by atoms with E-state index in [1.54, 1.807) is 0 Å². The number of carbonyl (C=O) groups is 1. The van der Waals surface area contributed by atoms with Crippen LogP contribution in [0.4, 0.5) is 5.69 Å². The van der Waals surface area contributed by atoms with E-state index < -0.39 is 0 Å². The van der Waals surface area contributed by atoms with Crippen molar-refractivity contribution in [2.75, 3.05) is 18.5 Å². The predicted molar refractivity (Wildman–Crippen MR) is 89.6 cm³/mol. The van der Waals surface area contributed by atoms with Crippen molar-refractivity contribution in [1.82, 2.24) is 20.5 Å². The largest absolute Gasteiger partial charge is 0.375 e. The second-order valence-electron chi connectivity index (χ2n) is 6.40. The second kappa shape index (κ2) is 6.33. The van der Waals surface area contributed by atoms with Crippen molar-refractivity contribution in [3.63, 3.8) is 0 Å². The maximum Gasteiger partial charge on any atom is 0.244 e. The molecule has 2 heterocycles. The number of benzene rings is 1. The molecule has 1 saturated heterocycles. The van der Waals surface area contributed by atoms with Crippen LogP contribution in [0, 0.1) is 0 Å². The maximum atomic E-state index is 12.4. The standard InChI is InChI=1S/C17H21N5O2/c1-10-14(18-7-8-24-10)17(23)19-13-4-2-3-12(9-13)16-20-15(21-22-16)11-5-6-11/h2-4,9-11,14,18H,5-8H2,1H3,(H,19,23)(H,20,21,22)/t10-,14+/m1/s1. The molecule has 2 fully saturated rings. The van der Waals surface area contributed by atoms with E-state index in [9.17, 15) is 4.79 Å². The molecular weight excluding hydrogens is 306 g/mol. The van der Waals surface area contributed by atoms with Gasteiger partial charge in [-0.1, -0.05) is 12.1 Å². The first kappa shape index (κ1) is 15.3. The van der Waals surface area contributed by atoms with Crippen molar-refractivity contribution in [2.45, 2.75) is 37.8 Å². The SMILES string of the molecule is C[C@H]1OCCN[C@@H]1C(=O)Nc1cccc(-c2n[nH]c(C3CC3)n2)c1. The van der Waals surface area contributed by atoms with Gasteiger partial charge in [-0.25, -0.2) is 4.98 Å². The van der Waals surface area contributed by atoms with Crippen LogP contribution >= 0.6 is 0 Å². The molecule has 0 spiro atoms. The summed E-state index contributed by atoms with van der Waals surface area (Å²) in [5.74, 6) is 2.07. The Morgan fingerprint density at radius 3 is 3.04 bits per heavy atom. The molecule has 126 valence electrons. The fraction of sp³-hybridized carbons (Fsp3) is 0.471. The zero-order valence-electron chi connectivity index (χ0n) is 13.6. The lowest BCUT2D eigenvalue weighted by atomic mass is 10.1. The molecule has 0 unspecified atom stereocenters. The van der Waals surface area contributed by atoms with Gasteiger partial charge in [0.2, 0.25) is 5.91 Å². The maximum absolute atomic E-state index is 12.4. The van der Waals surface area contributed by atoms with Gasteiger partial charge in [-0.3, -0.25) is 9.89 Å². The summed E-state index contributed by atoms with van der Waals surface area (Å²) in [6.07, 6.45) is 2.22. The van der Waals surface area contributed by atoms with Crippen LogP contribution < -0.4 is 10.6 Å². The van der Waals surface area contributed by atoms with Gasteiger partial charge in [-0.05, 0) is 31.9 Å². The lowest BCUT2D eigenvalue weighted by Crippen LogP contribution is -2.53. The number of carbonyl (C=O) groups excluding carboxylic acids is 1. The zero-order chi connectivity index (χ0) is 16.5. The number of anilines is 1. The quantitative estimate of drug-likeness (QED) is 0.794. The van der Waals surface area contributed by atoms with Crippen molar-refractivity contribution in [3.05, 3.63) is 30.1 Å². The third kappa shape index (κ3) is 3.18. The third-order valence-corrected chi connectivity index (χ3v) is 4.45. The number of ether oxygens (including phenoxy) is 1. The summed E-state index contributed by atoms with van der Waals surface area (Å²) >= 11 is 0. The smallest absolute Gasteiger partial charge is 0.244 e. The number of nitrogens with one attached hydrogen (secondary N) is 3. The lowest BCUT2D eigenvalue weighted by molar-refractivity contribution is -0.123. The summed E-state index contributed by atoms with van der Waals surface area (Å²) < 4.78 is 5.53. The number of aromatic amines is 1. The number of hydrogen-bond donors (Lipinski definition) is 3. The van der Waals surface area contributed by atoms with Gasteiger partial charge in [0.25, 0.3) is 0 Å². The first-order chi connectivity index (χ1) is 11.7. The molecule has 24 heavy (non-hydrogen) atoms. The molecule has 3 N–H and O–H groups in total. The summed E-state index contributed by atoms with van der Waals surface area (Å²) in [5, 5.41) is 13.4. The van der Waals surface area contributed by atoms with E-state index in [4.69, 9.17) is 4.74 Å². The van der Waals surface area contributed by atoms with E-state index >= 15 is 0 Å². The first-order valence-electron chi connectivity index (χ1n) is 8.39. The minimum absolute atomic E-state index is 0.0898. The molecular formula is C17H21N5O2. The van der Waals surface area contributed by atoms with Gasteiger partial charge >= 0.3 is 0 Å². The Bertz CT molecular complexity index is 740. The lowest BCUT2D eigenvalue weighted by Gasteiger charge is -2.29. The van der Waals surface area contributed by atoms with Crippen molar-refractivity contribution < 1.29 is 9.53 Å². The Morgan fingerprint density at radius 1 is 1.38 bits per heavy atom. The number of amides is 1. The van der Waals surface area contributed by atoms with Crippen LogP contribution in [0.3, 0.4) is 0 Å². The molecule has 1 aromatic heterocycles. The number of hydrogen-bond acceptors (Lipinski definition) is 5. The third-order valence-electron chi connectivity index (χ3n) is 4.45. The molecule has 0 radical (unpaired) electrons. The van der Waals surface area contributed by atoms with Gasteiger partial charge in [-0.15, -0.1) is 0 Å². The molecule has 1 aliphatic carbocycles. The van der Waals surface area contributed by atoms with Crippen LogP contribution in [0.2, 0.25) is 0 Å². The monoisotopic (exact) mass is 327 g/mol. The van der Waals surface area contributed by atoms with Crippen LogP contribution in [-0.4, -0.2) is 46.4 Å². The number of H-pyrrole nitrogens is 1. The van der Waals surface area contributed by atoms with Gasteiger partial charge in [-0.2, -0.15) is 5.10 Å². The molecule has 2 atom stereocenters. The summed E-state index contributed by atoms with van der Waals surface area (Å²) in [6.45, 7) is 3.22. The van der Waals surface area contributed by atoms with E-state index in [1.165, 1.54) is 12.8 Å². The van der Waals surface area contributed by atoms with E-state index in [0.717, 1.165) is 17.1 Å². The summed E-state index contributed by atoms with van der Waals surface area (Å²) in [4.78, 5) is 17.0. The van der Waals surface area contributed by atoms with Crippen LogP contribution in [0.15, 0.2) is 24.3 Å². The van der Waals surface area contributed by atoms with E-state index in [0.29, 0.717) is 24.9 Å². The minimum Gasteiger partial charge on any atom is -0.375 e. The van der Waals surface area contributed by atoms with Crippen LogP contribution in [0.1, 0.15) is 31.5 Å². The molecule has 1 amide bonds. The molecule has 4 rings (SSSR count). The molecule has 2 aliphatic rings. The normalized spacial score (nSPS) is 23.9. The molecule has 1 aliphatic heterocycles. The highest BCUT2D eigenvalue weighted by molar-refractivity contribution is 5.95. The summed E-state index contributed by atoms with van der Waals surface area (Å²) in [5.41, 5.74) is 1.62. The zero-order valence-corrected chi connectivity index (χ0v) is 13.6. The summed E-state index contributed by atoms with van der Waals surface area (Å²) in [6, 6.07) is 7.26. The van der Waals surface area contributed by atoms with Gasteiger partial charge in [0.15, 0.2) is 5.82 Å². The second-order valence-corrected chi connectivity index (χ2v) is 6.40. The van der Waals surface area contributed by atoms with Gasteiger partial charge < -0.3 is 15.4 Å². The minimum atomic E-state index is -0.340. The Labute approximate surface area is 140 Å². The number of aromatic nitrogens is 3. The topological polar surface area (TPSA) is 91.9 Å². The van der Waals surface area contributed by atoms with Crippen molar-refractivity contribution in [2.24, 2.45) is 0 Å². The number of morpholine rings is 1. The van der Waals surface area contributed by atoms with E-state index in [-0.39, 0.29) is 18.1 Å². The van der Waals surface area contributed by atoms with Gasteiger partial charge in [0.05, 0.1) is 12.7 Å². The Balaban J connectivity index is 1.48. The van der Waals surface area contributed by atoms with Crippen LogP contribution in [0.5, 0.6) is 0 Å². The molecule has 2 aromatic rings. The molecule has 1 aromatic carbocycles. The molecule has 0 bridgehead atoms. The van der Waals surface area contributed by atoms with E-state index in [1.807, 2.05) is 31.2 Å². The highest BCUT2D eigenvalue weighted by Crippen LogP contribution is 2.38. The predicted octanol–water partition coefficient (Wildman–Crippen LogP) is 1.66. The van der Waals surface area contributed by atoms with Crippen molar-refractivity contribution in [3.8, 4) is 11.4 Å². The summed E-state index contributed by atoms with van der Waals surface area (Å²) in [7, 11) is 0. The average molecular weight is 327 g/mol. The highest BCUT2D eigenvalue weighted by atomic mass is 16.5. The Hall–Kier alpha value is -2.25. The Kier molecular flexibility index (Phi) is 4.03.